The standard InChI is InChI=1S/C14H20N2O/c1-3-10(4-2)14(16-15)12-9-17-13-8-6-5-7-11(12)13/h5-10,14,16H,3-4,15H2,1-2H3. The van der Waals surface area contributed by atoms with E-state index in [-0.39, 0.29) is 6.04 Å². The summed E-state index contributed by atoms with van der Waals surface area (Å²) in [6.45, 7) is 4.39. The second kappa shape index (κ2) is 5.34. The van der Waals surface area contributed by atoms with E-state index < -0.39 is 0 Å². The van der Waals surface area contributed by atoms with Gasteiger partial charge in [0.05, 0.1) is 12.3 Å². The Balaban J connectivity index is 2.42. The van der Waals surface area contributed by atoms with Crippen LogP contribution in [0.2, 0.25) is 0 Å². The summed E-state index contributed by atoms with van der Waals surface area (Å²) in [5.41, 5.74) is 5.03. The Morgan fingerprint density at radius 1 is 1.24 bits per heavy atom. The number of furan rings is 1. The molecule has 1 atom stereocenters. The van der Waals surface area contributed by atoms with Crippen molar-refractivity contribution in [2.24, 2.45) is 11.8 Å². The molecule has 0 aliphatic rings. The lowest BCUT2D eigenvalue weighted by molar-refractivity contribution is 0.345. The van der Waals surface area contributed by atoms with E-state index in [1.165, 1.54) is 0 Å². The largest absolute Gasteiger partial charge is 0.464 e. The van der Waals surface area contributed by atoms with Crippen LogP contribution >= 0.6 is 0 Å². The van der Waals surface area contributed by atoms with Crippen molar-refractivity contribution in [1.82, 2.24) is 5.43 Å². The molecule has 1 unspecified atom stereocenters. The zero-order valence-corrected chi connectivity index (χ0v) is 10.4. The predicted molar refractivity (Wildman–Crippen MR) is 70.4 cm³/mol. The van der Waals surface area contributed by atoms with Crippen molar-refractivity contribution in [3.05, 3.63) is 36.1 Å². The quantitative estimate of drug-likeness (QED) is 0.614. The first kappa shape index (κ1) is 12.1. The average molecular weight is 232 g/mol. The molecule has 2 rings (SSSR count). The molecule has 0 fully saturated rings. The Morgan fingerprint density at radius 2 is 1.94 bits per heavy atom. The third-order valence-electron chi connectivity index (χ3n) is 3.55. The lowest BCUT2D eigenvalue weighted by Gasteiger charge is -2.23. The zero-order valence-electron chi connectivity index (χ0n) is 10.4. The summed E-state index contributed by atoms with van der Waals surface area (Å²) in [5, 5.41) is 1.15. The summed E-state index contributed by atoms with van der Waals surface area (Å²) in [5.74, 6) is 6.24. The number of nitrogens with one attached hydrogen (secondary N) is 1. The maximum Gasteiger partial charge on any atom is 0.134 e. The van der Waals surface area contributed by atoms with Crippen molar-refractivity contribution in [2.45, 2.75) is 32.7 Å². The molecule has 3 N–H and O–H groups in total. The first-order valence-corrected chi connectivity index (χ1v) is 6.24. The molecule has 1 aromatic heterocycles. The van der Waals surface area contributed by atoms with Crippen LogP contribution in [-0.4, -0.2) is 0 Å². The summed E-state index contributed by atoms with van der Waals surface area (Å²) < 4.78 is 5.58. The number of hydrogen-bond acceptors (Lipinski definition) is 3. The van der Waals surface area contributed by atoms with Crippen molar-refractivity contribution in [3.63, 3.8) is 0 Å². The highest BCUT2D eigenvalue weighted by atomic mass is 16.3. The van der Waals surface area contributed by atoms with Gasteiger partial charge in [-0.25, -0.2) is 0 Å². The van der Waals surface area contributed by atoms with Gasteiger partial charge in [0, 0.05) is 10.9 Å². The summed E-state index contributed by atoms with van der Waals surface area (Å²) >= 11 is 0. The molecule has 0 aliphatic heterocycles. The fourth-order valence-corrected chi connectivity index (χ4v) is 2.48. The van der Waals surface area contributed by atoms with E-state index in [1.807, 2.05) is 24.5 Å². The van der Waals surface area contributed by atoms with Gasteiger partial charge in [-0.1, -0.05) is 44.9 Å². The third-order valence-corrected chi connectivity index (χ3v) is 3.55. The van der Waals surface area contributed by atoms with Crippen molar-refractivity contribution in [3.8, 4) is 0 Å². The van der Waals surface area contributed by atoms with Gasteiger partial charge in [0.15, 0.2) is 0 Å². The molecule has 0 radical (unpaired) electrons. The van der Waals surface area contributed by atoms with Crippen molar-refractivity contribution in [2.75, 3.05) is 0 Å². The monoisotopic (exact) mass is 232 g/mol. The lowest BCUT2D eigenvalue weighted by Crippen LogP contribution is -2.33. The summed E-state index contributed by atoms with van der Waals surface area (Å²) in [7, 11) is 0. The van der Waals surface area contributed by atoms with Gasteiger partial charge >= 0.3 is 0 Å². The van der Waals surface area contributed by atoms with E-state index >= 15 is 0 Å². The molecule has 1 heterocycles. The molecule has 2 aromatic rings. The molecule has 3 heteroatoms. The molecule has 92 valence electrons. The Hall–Kier alpha value is -1.32. The van der Waals surface area contributed by atoms with Gasteiger partial charge in [-0.3, -0.25) is 11.3 Å². The second-order valence-corrected chi connectivity index (χ2v) is 4.41. The Bertz CT molecular complexity index is 474. The van der Waals surface area contributed by atoms with Crippen molar-refractivity contribution >= 4 is 11.0 Å². The second-order valence-electron chi connectivity index (χ2n) is 4.41. The van der Waals surface area contributed by atoms with Crippen LogP contribution in [0.5, 0.6) is 0 Å². The predicted octanol–water partition coefficient (Wildman–Crippen LogP) is 3.37. The van der Waals surface area contributed by atoms with E-state index in [4.69, 9.17) is 10.3 Å². The van der Waals surface area contributed by atoms with E-state index in [9.17, 15) is 0 Å². The SMILES string of the molecule is CCC(CC)C(NN)c1coc2ccccc12. The van der Waals surface area contributed by atoms with Gasteiger partial charge in [-0.05, 0) is 12.0 Å². The van der Waals surface area contributed by atoms with Crippen LogP contribution in [0, 0.1) is 5.92 Å². The summed E-state index contributed by atoms with van der Waals surface area (Å²) in [4.78, 5) is 0. The van der Waals surface area contributed by atoms with E-state index in [0.29, 0.717) is 5.92 Å². The maximum atomic E-state index is 5.72. The Morgan fingerprint density at radius 3 is 2.59 bits per heavy atom. The topological polar surface area (TPSA) is 51.2 Å². The molecule has 0 spiro atoms. The molecule has 3 nitrogen and oxygen atoms in total. The number of benzene rings is 1. The normalized spacial score (nSPS) is 13.4. The maximum absolute atomic E-state index is 5.72. The molecular formula is C14H20N2O. The first-order chi connectivity index (χ1) is 8.31. The number of para-hydroxylation sites is 1. The van der Waals surface area contributed by atoms with Gasteiger partial charge in [-0.2, -0.15) is 0 Å². The Kier molecular flexibility index (Phi) is 3.82. The van der Waals surface area contributed by atoms with E-state index in [0.717, 1.165) is 29.4 Å². The first-order valence-electron chi connectivity index (χ1n) is 6.24. The smallest absolute Gasteiger partial charge is 0.134 e. The summed E-state index contributed by atoms with van der Waals surface area (Å²) in [6.07, 6.45) is 4.03. The van der Waals surface area contributed by atoms with Gasteiger partial charge in [0.2, 0.25) is 0 Å². The Labute approximate surface area is 102 Å². The van der Waals surface area contributed by atoms with Crippen LogP contribution < -0.4 is 11.3 Å². The number of hydrogen-bond donors (Lipinski definition) is 2. The molecule has 0 amide bonds. The van der Waals surface area contributed by atoms with Crippen molar-refractivity contribution < 1.29 is 4.42 Å². The minimum Gasteiger partial charge on any atom is -0.464 e. The van der Waals surface area contributed by atoms with Gasteiger partial charge in [-0.15, -0.1) is 0 Å². The third kappa shape index (κ3) is 2.21. The lowest BCUT2D eigenvalue weighted by atomic mass is 9.89. The zero-order chi connectivity index (χ0) is 12.3. The van der Waals surface area contributed by atoms with Crippen LogP contribution in [0.25, 0.3) is 11.0 Å². The summed E-state index contributed by atoms with van der Waals surface area (Å²) in [6, 6.07) is 8.24. The number of rotatable bonds is 5. The molecule has 0 bridgehead atoms. The van der Waals surface area contributed by atoms with Crippen LogP contribution in [0.1, 0.15) is 38.3 Å². The molecule has 1 aromatic carbocycles. The minimum atomic E-state index is 0.161. The number of nitrogens with two attached hydrogens (primary N) is 1. The van der Waals surface area contributed by atoms with Crippen LogP contribution in [0.3, 0.4) is 0 Å². The molecule has 17 heavy (non-hydrogen) atoms. The molecule has 0 aliphatic carbocycles. The molecule has 0 saturated carbocycles. The molecule has 0 saturated heterocycles. The highest BCUT2D eigenvalue weighted by Crippen LogP contribution is 2.32. The number of hydrazine groups is 1. The highest BCUT2D eigenvalue weighted by molar-refractivity contribution is 5.81. The van der Waals surface area contributed by atoms with Crippen LogP contribution in [0.4, 0.5) is 0 Å². The van der Waals surface area contributed by atoms with Gasteiger partial charge < -0.3 is 4.42 Å². The van der Waals surface area contributed by atoms with Crippen molar-refractivity contribution in [1.29, 1.82) is 0 Å². The van der Waals surface area contributed by atoms with Gasteiger partial charge in [0.1, 0.15) is 5.58 Å². The molecular weight excluding hydrogens is 212 g/mol. The van der Waals surface area contributed by atoms with Crippen LogP contribution in [0.15, 0.2) is 34.9 Å². The fraction of sp³-hybridized carbons (Fsp3) is 0.429. The van der Waals surface area contributed by atoms with Crippen LogP contribution in [-0.2, 0) is 0 Å². The van der Waals surface area contributed by atoms with Gasteiger partial charge in [0.25, 0.3) is 0 Å². The fourth-order valence-electron chi connectivity index (χ4n) is 2.48. The van der Waals surface area contributed by atoms with E-state index in [1.54, 1.807) is 0 Å². The van der Waals surface area contributed by atoms with E-state index in [2.05, 4.69) is 25.3 Å². The highest BCUT2D eigenvalue weighted by Gasteiger charge is 2.22. The number of fused-ring (bicyclic) bond motifs is 1. The average Bonchev–Trinajstić information content (AvgIpc) is 2.79. The minimum absolute atomic E-state index is 0.161.